The van der Waals surface area contributed by atoms with E-state index in [2.05, 4.69) is 63.8 Å². The molecule has 0 spiro atoms. The second-order valence-electron chi connectivity index (χ2n) is 6.84. The van der Waals surface area contributed by atoms with Gasteiger partial charge in [0, 0.05) is 30.7 Å². The molecule has 24 heavy (non-hydrogen) atoms. The first-order chi connectivity index (χ1) is 11.0. The molecule has 0 unspecified atom stereocenters. The second-order valence-corrected chi connectivity index (χ2v) is 6.84. The predicted octanol–water partition coefficient (Wildman–Crippen LogP) is 4.23. The Hall–Kier alpha value is -1.32. The Bertz CT molecular complexity index is 558. The number of amides is 1. The van der Waals surface area contributed by atoms with Crippen LogP contribution in [-0.4, -0.2) is 47.4 Å². The predicted molar refractivity (Wildman–Crippen MR) is 104 cm³/mol. The Balaban J connectivity index is 0.00000288. The summed E-state index contributed by atoms with van der Waals surface area (Å²) < 4.78 is 0. The van der Waals surface area contributed by atoms with Gasteiger partial charge in [-0.05, 0) is 51.8 Å². The molecule has 3 nitrogen and oxygen atoms in total. The van der Waals surface area contributed by atoms with E-state index in [1.165, 1.54) is 11.1 Å². The molecular formula is C20H31ClN2O. The minimum atomic E-state index is 0. The first kappa shape index (κ1) is 20.7. The molecule has 1 aliphatic rings. The van der Waals surface area contributed by atoms with E-state index in [0.717, 1.165) is 31.6 Å². The number of hydrogen-bond acceptors (Lipinski definition) is 2. The summed E-state index contributed by atoms with van der Waals surface area (Å²) >= 11 is 0. The summed E-state index contributed by atoms with van der Waals surface area (Å²) in [6.07, 6.45) is 0.947. The molecular weight excluding hydrogens is 320 g/mol. The molecule has 0 aromatic heterocycles. The molecule has 2 rings (SSSR count). The number of nitrogens with zero attached hydrogens (tertiary/aromatic N) is 2. The summed E-state index contributed by atoms with van der Waals surface area (Å²) in [4.78, 5) is 17.6. The number of carbonyl (C=O) groups excluding carboxylic acids is 1. The molecule has 0 saturated heterocycles. The third-order valence-electron chi connectivity index (χ3n) is 4.60. The average Bonchev–Trinajstić information content (AvgIpc) is 2.54. The molecule has 134 valence electrons. The molecule has 0 aliphatic carbocycles. The lowest BCUT2D eigenvalue weighted by Crippen LogP contribution is -2.46. The van der Waals surface area contributed by atoms with Gasteiger partial charge in [-0.25, -0.2) is 0 Å². The summed E-state index contributed by atoms with van der Waals surface area (Å²) in [6.45, 7) is 13.3. The summed E-state index contributed by atoms with van der Waals surface area (Å²) in [5, 5.41) is 0. The van der Waals surface area contributed by atoms with Crippen molar-refractivity contribution in [2.45, 2.75) is 53.1 Å². The Labute approximate surface area is 153 Å². The number of halogens is 1. The van der Waals surface area contributed by atoms with Crippen LogP contribution < -0.4 is 0 Å². The van der Waals surface area contributed by atoms with Crippen LogP contribution in [0.3, 0.4) is 0 Å². The van der Waals surface area contributed by atoms with Crippen molar-refractivity contribution in [1.82, 2.24) is 9.80 Å². The maximum atomic E-state index is 13.3. The first-order valence-electron chi connectivity index (χ1n) is 8.78. The Kier molecular flexibility index (Phi) is 7.98. The third kappa shape index (κ3) is 4.61. The van der Waals surface area contributed by atoms with Gasteiger partial charge in [0.1, 0.15) is 0 Å². The van der Waals surface area contributed by atoms with Crippen molar-refractivity contribution in [3.8, 4) is 0 Å². The molecule has 0 fully saturated rings. The van der Waals surface area contributed by atoms with E-state index < -0.39 is 0 Å². The zero-order valence-electron chi connectivity index (χ0n) is 15.6. The number of benzene rings is 1. The van der Waals surface area contributed by atoms with Gasteiger partial charge in [0.2, 0.25) is 0 Å². The van der Waals surface area contributed by atoms with E-state index in [1.54, 1.807) is 0 Å². The SMILES string of the molecule is CCN1CCC(c2ccccc2)=C(C(=O)N(C(C)C)C(C)C)C1.Cl. The van der Waals surface area contributed by atoms with Crippen LogP contribution in [0, 0.1) is 0 Å². The molecule has 1 amide bonds. The van der Waals surface area contributed by atoms with Gasteiger partial charge in [0.15, 0.2) is 0 Å². The van der Waals surface area contributed by atoms with Gasteiger partial charge in [0.25, 0.3) is 5.91 Å². The highest BCUT2D eigenvalue weighted by atomic mass is 35.5. The van der Waals surface area contributed by atoms with Gasteiger partial charge >= 0.3 is 0 Å². The van der Waals surface area contributed by atoms with Crippen LogP contribution in [0.2, 0.25) is 0 Å². The van der Waals surface area contributed by atoms with Crippen molar-refractivity contribution in [1.29, 1.82) is 0 Å². The number of rotatable bonds is 5. The minimum Gasteiger partial charge on any atom is -0.334 e. The van der Waals surface area contributed by atoms with Crippen molar-refractivity contribution >= 4 is 23.9 Å². The third-order valence-corrected chi connectivity index (χ3v) is 4.60. The standard InChI is InChI=1S/C20H30N2O.ClH/c1-6-21-13-12-18(17-10-8-7-9-11-17)19(14-21)20(23)22(15(2)3)16(4)5;/h7-11,15-16H,6,12-14H2,1-5H3;1H. The van der Waals surface area contributed by atoms with Gasteiger partial charge in [-0.2, -0.15) is 0 Å². The monoisotopic (exact) mass is 350 g/mol. The van der Waals surface area contributed by atoms with Gasteiger partial charge in [-0.1, -0.05) is 37.3 Å². The lowest BCUT2D eigenvalue weighted by Gasteiger charge is -2.36. The van der Waals surface area contributed by atoms with Crippen molar-refractivity contribution in [2.75, 3.05) is 19.6 Å². The van der Waals surface area contributed by atoms with Crippen molar-refractivity contribution in [3.05, 3.63) is 41.5 Å². The summed E-state index contributed by atoms with van der Waals surface area (Å²) in [5.41, 5.74) is 3.40. The van der Waals surface area contributed by atoms with E-state index >= 15 is 0 Å². The highest BCUT2D eigenvalue weighted by Gasteiger charge is 2.29. The number of likely N-dealkylation sites (N-methyl/N-ethyl adjacent to an activating group) is 1. The Morgan fingerprint density at radius 2 is 1.71 bits per heavy atom. The van der Waals surface area contributed by atoms with E-state index in [9.17, 15) is 4.79 Å². The minimum absolute atomic E-state index is 0. The van der Waals surface area contributed by atoms with Crippen LogP contribution in [-0.2, 0) is 4.79 Å². The lowest BCUT2D eigenvalue weighted by molar-refractivity contribution is -0.130. The molecule has 0 atom stereocenters. The molecule has 0 radical (unpaired) electrons. The van der Waals surface area contributed by atoms with Crippen LogP contribution in [0.15, 0.2) is 35.9 Å². The fourth-order valence-electron chi connectivity index (χ4n) is 3.46. The molecule has 1 heterocycles. The zero-order chi connectivity index (χ0) is 17.0. The molecule has 4 heteroatoms. The Morgan fingerprint density at radius 1 is 1.12 bits per heavy atom. The van der Waals surface area contributed by atoms with Crippen LogP contribution >= 0.6 is 12.4 Å². The molecule has 1 aliphatic heterocycles. The van der Waals surface area contributed by atoms with Crippen molar-refractivity contribution < 1.29 is 4.79 Å². The molecule has 0 saturated carbocycles. The highest BCUT2D eigenvalue weighted by molar-refractivity contribution is 6.02. The second kappa shape index (κ2) is 9.24. The largest absolute Gasteiger partial charge is 0.334 e. The van der Waals surface area contributed by atoms with E-state index in [1.807, 2.05) is 11.0 Å². The quantitative estimate of drug-likeness (QED) is 0.793. The smallest absolute Gasteiger partial charge is 0.251 e. The molecule has 0 N–H and O–H groups in total. The lowest BCUT2D eigenvalue weighted by atomic mass is 9.92. The van der Waals surface area contributed by atoms with Crippen LogP contribution in [0.1, 0.15) is 46.6 Å². The highest BCUT2D eigenvalue weighted by Crippen LogP contribution is 2.29. The zero-order valence-corrected chi connectivity index (χ0v) is 16.4. The van der Waals surface area contributed by atoms with Crippen LogP contribution in [0.4, 0.5) is 0 Å². The number of carbonyl (C=O) groups is 1. The number of hydrogen-bond donors (Lipinski definition) is 0. The maximum Gasteiger partial charge on any atom is 0.251 e. The van der Waals surface area contributed by atoms with Crippen molar-refractivity contribution in [2.24, 2.45) is 0 Å². The molecule has 0 bridgehead atoms. The summed E-state index contributed by atoms with van der Waals surface area (Å²) in [7, 11) is 0. The molecule has 1 aromatic carbocycles. The van der Waals surface area contributed by atoms with Crippen LogP contribution in [0.5, 0.6) is 0 Å². The topological polar surface area (TPSA) is 23.6 Å². The van der Waals surface area contributed by atoms with Crippen molar-refractivity contribution in [3.63, 3.8) is 0 Å². The fourth-order valence-corrected chi connectivity index (χ4v) is 3.46. The average molecular weight is 351 g/mol. The summed E-state index contributed by atoms with van der Waals surface area (Å²) in [5.74, 6) is 0.201. The van der Waals surface area contributed by atoms with Gasteiger partial charge < -0.3 is 4.90 Å². The van der Waals surface area contributed by atoms with Gasteiger partial charge in [-0.15, -0.1) is 12.4 Å². The molecule has 1 aromatic rings. The van der Waals surface area contributed by atoms with E-state index in [-0.39, 0.29) is 30.4 Å². The van der Waals surface area contributed by atoms with Crippen LogP contribution in [0.25, 0.3) is 5.57 Å². The Morgan fingerprint density at radius 3 is 2.21 bits per heavy atom. The fraction of sp³-hybridized carbons (Fsp3) is 0.550. The normalized spacial score (nSPS) is 15.6. The van der Waals surface area contributed by atoms with E-state index in [4.69, 9.17) is 0 Å². The maximum absolute atomic E-state index is 13.3. The van der Waals surface area contributed by atoms with Gasteiger partial charge in [0.05, 0.1) is 0 Å². The first-order valence-corrected chi connectivity index (χ1v) is 8.78. The van der Waals surface area contributed by atoms with E-state index in [0.29, 0.717) is 0 Å². The van der Waals surface area contributed by atoms with Gasteiger partial charge in [-0.3, -0.25) is 9.69 Å². The summed E-state index contributed by atoms with van der Waals surface area (Å²) in [6, 6.07) is 10.8.